The number of benzene rings is 1. The van der Waals surface area contributed by atoms with Gasteiger partial charge in [0.05, 0.1) is 6.10 Å². The van der Waals surface area contributed by atoms with Gasteiger partial charge in [-0.3, -0.25) is 0 Å². The van der Waals surface area contributed by atoms with E-state index in [-0.39, 0.29) is 11.5 Å². The van der Waals surface area contributed by atoms with Gasteiger partial charge in [-0.1, -0.05) is 58.4 Å². The Bertz CT molecular complexity index is 348. The van der Waals surface area contributed by atoms with E-state index in [0.717, 1.165) is 18.4 Å². The summed E-state index contributed by atoms with van der Waals surface area (Å²) in [6.07, 6.45) is 1.45. The fraction of sp³-hybridized carbons (Fsp3) is 0.625. The van der Waals surface area contributed by atoms with Crippen LogP contribution in [0.15, 0.2) is 24.3 Å². The maximum Gasteiger partial charge on any atom is 0.106 e. The highest BCUT2D eigenvalue weighted by molar-refractivity contribution is 5.25. The smallest absolute Gasteiger partial charge is 0.106 e. The normalized spacial score (nSPS) is 15.4. The average Bonchev–Trinajstić information content (AvgIpc) is 2.29. The van der Waals surface area contributed by atoms with Gasteiger partial charge in [0.25, 0.3) is 0 Å². The van der Waals surface area contributed by atoms with E-state index in [1.807, 2.05) is 12.1 Å². The third kappa shape index (κ3) is 3.82. The fourth-order valence-electron chi connectivity index (χ4n) is 2.30. The van der Waals surface area contributed by atoms with Crippen LogP contribution >= 0.6 is 0 Å². The lowest BCUT2D eigenvalue weighted by Gasteiger charge is -2.33. The molecular formula is C16H26O2. The van der Waals surface area contributed by atoms with Crippen LogP contribution in [0.4, 0.5) is 0 Å². The molecule has 0 aliphatic heterocycles. The molecule has 2 heteroatoms. The van der Waals surface area contributed by atoms with Crippen molar-refractivity contribution in [3.8, 4) is 0 Å². The third-order valence-electron chi connectivity index (χ3n) is 3.25. The Morgan fingerprint density at radius 2 is 1.72 bits per heavy atom. The summed E-state index contributed by atoms with van der Waals surface area (Å²) in [6.45, 7) is 8.41. The minimum absolute atomic E-state index is 0.0870. The molecule has 1 aromatic carbocycles. The summed E-state index contributed by atoms with van der Waals surface area (Å²) in [4.78, 5) is 0. The second kappa shape index (κ2) is 6.35. The van der Waals surface area contributed by atoms with Gasteiger partial charge in [-0.05, 0) is 23.0 Å². The Kier molecular flexibility index (Phi) is 5.36. The molecule has 0 spiro atoms. The largest absolute Gasteiger partial charge is 0.386 e. The standard InChI is InChI=1S/C16H26O2/c1-6-7-12-8-10-13(11-9-12)14(17)15(18-5)16(2,3)4/h8-11,14-15,17H,6-7H2,1-5H3. The van der Waals surface area contributed by atoms with Crippen molar-refractivity contribution in [2.75, 3.05) is 7.11 Å². The monoisotopic (exact) mass is 250 g/mol. The van der Waals surface area contributed by atoms with E-state index in [4.69, 9.17) is 4.74 Å². The van der Waals surface area contributed by atoms with Crippen LogP contribution in [0.25, 0.3) is 0 Å². The van der Waals surface area contributed by atoms with Crippen LogP contribution in [0.2, 0.25) is 0 Å². The molecule has 2 nitrogen and oxygen atoms in total. The van der Waals surface area contributed by atoms with Crippen LogP contribution in [-0.2, 0) is 11.2 Å². The average molecular weight is 250 g/mol. The second-order valence-corrected chi connectivity index (χ2v) is 5.96. The number of ether oxygens (including phenoxy) is 1. The molecular weight excluding hydrogens is 224 g/mol. The first kappa shape index (κ1) is 15.2. The molecule has 0 saturated carbocycles. The molecule has 0 amide bonds. The van der Waals surface area contributed by atoms with Crippen LogP contribution in [-0.4, -0.2) is 18.3 Å². The van der Waals surface area contributed by atoms with E-state index in [0.29, 0.717) is 0 Å². The van der Waals surface area contributed by atoms with Gasteiger partial charge < -0.3 is 9.84 Å². The summed E-state index contributed by atoms with van der Waals surface area (Å²) in [5.41, 5.74) is 2.16. The highest BCUT2D eigenvalue weighted by Crippen LogP contribution is 2.32. The summed E-state index contributed by atoms with van der Waals surface area (Å²) in [6, 6.07) is 8.20. The van der Waals surface area contributed by atoms with Crippen molar-refractivity contribution < 1.29 is 9.84 Å². The molecule has 1 rings (SSSR count). The van der Waals surface area contributed by atoms with Crippen LogP contribution in [0.5, 0.6) is 0 Å². The van der Waals surface area contributed by atoms with Crippen molar-refractivity contribution in [3.05, 3.63) is 35.4 Å². The number of hydrogen-bond donors (Lipinski definition) is 1. The Morgan fingerprint density at radius 3 is 2.11 bits per heavy atom. The first-order valence-electron chi connectivity index (χ1n) is 6.69. The van der Waals surface area contributed by atoms with E-state index >= 15 is 0 Å². The molecule has 0 aliphatic rings. The zero-order valence-electron chi connectivity index (χ0n) is 12.2. The third-order valence-corrected chi connectivity index (χ3v) is 3.25. The summed E-state index contributed by atoms with van der Waals surface area (Å²) in [7, 11) is 1.66. The summed E-state index contributed by atoms with van der Waals surface area (Å²) in [5, 5.41) is 10.4. The molecule has 0 aromatic heterocycles. The molecule has 0 saturated heterocycles. The summed E-state index contributed by atoms with van der Waals surface area (Å²) in [5.74, 6) is 0. The minimum Gasteiger partial charge on any atom is -0.386 e. The lowest BCUT2D eigenvalue weighted by atomic mass is 9.83. The van der Waals surface area contributed by atoms with Gasteiger partial charge in [0.2, 0.25) is 0 Å². The Morgan fingerprint density at radius 1 is 1.17 bits per heavy atom. The lowest BCUT2D eigenvalue weighted by Crippen LogP contribution is -2.34. The van der Waals surface area contributed by atoms with Crippen molar-refractivity contribution >= 4 is 0 Å². The van der Waals surface area contributed by atoms with Crippen molar-refractivity contribution in [1.82, 2.24) is 0 Å². The quantitative estimate of drug-likeness (QED) is 0.862. The number of aliphatic hydroxyl groups excluding tert-OH is 1. The SMILES string of the molecule is CCCc1ccc(C(O)C(OC)C(C)(C)C)cc1. The predicted octanol–water partition coefficient (Wildman–Crippen LogP) is 3.73. The van der Waals surface area contributed by atoms with Gasteiger partial charge in [-0.2, -0.15) is 0 Å². The van der Waals surface area contributed by atoms with Crippen LogP contribution in [0.3, 0.4) is 0 Å². The highest BCUT2D eigenvalue weighted by atomic mass is 16.5. The topological polar surface area (TPSA) is 29.5 Å². The van der Waals surface area contributed by atoms with Crippen molar-refractivity contribution in [3.63, 3.8) is 0 Å². The van der Waals surface area contributed by atoms with Crippen LogP contribution < -0.4 is 0 Å². The molecule has 0 aliphatic carbocycles. The lowest BCUT2D eigenvalue weighted by molar-refractivity contribution is -0.0724. The van der Waals surface area contributed by atoms with Crippen molar-refractivity contribution in [2.24, 2.45) is 5.41 Å². The fourth-order valence-corrected chi connectivity index (χ4v) is 2.30. The molecule has 0 fully saturated rings. The van der Waals surface area contributed by atoms with Gasteiger partial charge in [0, 0.05) is 7.11 Å². The molecule has 2 atom stereocenters. The zero-order chi connectivity index (χ0) is 13.8. The molecule has 0 bridgehead atoms. The van der Waals surface area contributed by atoms with Crippen LogP contribution in [0.1, 0.15) is 51.3 Å². The Labute approximate surface area is 111 Å². The summed E-state index contributed by atoms with van der Waals surface area (Å²) >= 11 is 0. The second-order valence-electron chi connectivity index (χ2n) is 5.96. The number of methoxy groups -OCH3 is 1. The Hall–Kier alpha value is -0.860. The van der Waals surface area contributed by atoms with Gasteiger partial charge in [0.1, 0.15) is 6.10 Å². The van der Waals surface area contributed by atoms with Gasteiger partial charge >= 0.3 is 0 Å². The molecule has 2 unspecified atom stereocenters. The highest BCUT2D eigenvalue weighted by Gasteiger charge is 2.32. The van der Waals surface area contributed by atoms with E-state index in [2.05, 4.69) is 39.8 Å². The molecule has 0 radical (unpaired) electrons. The van der Waals surface area contributed by atoms with Gasteiger partial charge in [-0.25, -0.2) is 0 Å². The van der Waals surface area contributed by atoms with Crippen molar-refractivity contribution in [2.45, 2.75) is 52.7 Å². The first-order valence-corrected chi connectivity index (χ1v) is 6.69. The number of aliphatic hydroxyl groups is 1. The molecule has 102 valence electrons. The van der Waals surface area contributed by atoms with E-state index in [9.17, 15) is 5.11 Å². The molecule has 0 heterocycles. The Balaban J connectivity index is 2.85. The predicted molar refractivity (Wildman–Crippen MR) is 75.6 cm³/mol. The number of aryl methyl sites for hydroxylation is 1. The maximum atomic E-state index is 10.4. The first-order chi connectivity index (χ1) is 8.40. The van der Waals surface area contributed by atoms with E-state index in [1.165, 1.54) is 5.56 Å². The number of hydrogen-bond acceptors (Lipinski definition) is 2. The molecule has 1 N–H and O–H groups in total. The summed E-state index contributed by atoms with van der Waals surface area (Å²) < 4.78 is 5.46. The van der Waals surface area contributed by atoms with Gasteiger partial charge in [0.15, 0.2) is 0 Å². The van der Waals surface area contributed by atoms with Crippen molar-refractivity contribution in [1.29, 1.82) is 0 Å². The zero-order valence-corrected chi connectivity index (χ0v) is 12.2. The van der Waals surface area contributed by atoms with E-state index < -0.39 is 6.10 Å². The maximum absolute atomic E-state index is 10.4. The van der Waals surface area contributed by atoms with E-state index in [1.54, 1.807) is 7.11 Å². The van der Waals surface area contributed by atoms with Crippen LogP contribution in [0, 0.1) is 5.41 Å². The molecule has 18 heavy (non-hydrogen) atoms. The van der Waals surface area contributed by atoms with Gasteiger partial charge in [-0.15, -0.1) is 0 Å². The molecule has 1 aromatic rings. The minimum atomic E-state index is -0.578. The number of rotatable bonds is 5.